The van der Waals surface area contributed by atoms with Crippen LogP contribution < -0.4 is 28.4 Å². The number of Topliss-reactive ketones (excluding diaryl/α,β-unsaturated/α-hetero) is 3. The molecule has 496 valence electrons. The molecule has 2 atom stereocenters. The fourth-order valence-corrected chi connectivity index (χ4v) is 15.7. The number of fused-ring (bicyclic) bond motifs is 3. The molecular formula is C76H94N3O13P. The van der Waals surface area contributed by atoms with Crippen LogP contribution in [0.15, 0.2) is 139 Å². The smallest absolute Gasteiger partial charge is 0.341 e. The van der Waals surface area contributed by atoms with E-state index in [4.69, 9.17) is 37.5 Å². The summed E-state index contributed by atoms with van der Waals surface area (Å²) in [5, 5.41) is 0. The van der Waals surface area contributed by atoms with Gasteiger partial charge in [-0.1, -0.05) is 97.1 Å². The minimum absolute atomic E-state index is 0.109. The maximum atomic E-state index is 12.9. The summed E-state index contributed by atoms with van der Waals surface area (Å²) in [7, 11) is 6.04. The molecule has 6 aromatic carbocycles. The number of hydrogen-bond acceptors (Lipinski definition) is 16. The summed E-state index contributed by atoms with van der Waals surface area (Å²) in [6.07, 6.45) is 12.8. The molecule has 0 bridgehead atoms. The molecule has 0 radical (unpaired) electrons. The van der Waals surface area contributed by atoms with Crippen molar-refractivity contribution in [3.63, 3.8) is 0 Å². The number of ether oxygens (including phenoxy) is 6. The van der Waals surface area contributed by atoms with Gasteiger partial charge in [-0.05, 0) is 193 Å². The van der Waals surface area contributed by atoms with Gasteiger partial charge in [0, 0.05) is 60.2 Å². The third-order valence-electron chi connectivity index (χ3n) is 18.8. The third-order valence-corrected chi connectivity index (χ3v) is 21.2. The first-order valence-corrected chi connectivity index (χ1v) is 34.6. The molecule has 17 heteroatoms. The number of methoxy groups -OCH3 is 6. The molecule has 3 heterocycles. The van der Waals surface area contributed by atoms with Gasteiger partial charge in [-0.15, -0.1) is 0 Å². The first-order chi connectivity index (χ1) is 45.2. The Hall–Kier alpha value is -7.43. The summed E-state index contributed by atoms with van der Waals surface area (Å²) in [5.41, 5.74) is 9.20. The Labute approximate surface area is 550 Å². The number of piperidine rings is 3. The highest BCUT2D eigenvalue weighted by molar-refractivity contribution is 7.56. The molecule has 3 aliphatic heterocycles. The van der Waals surface area contributed by atoms with Crippen LogP contribution in [0.25, 0.3) is 0 Å². The minimum atomic E-state index is -3.48. The molecular weight excluding hydrogens is 1190 g/mol. The number of likely N-dealkylation sites (tertiary alicyclic amines) is 3. The van der Waals surface area contributed by atoms with Crippen molar-refractivity contribution in [3.05, 3.63) is 189 Å². The first kappa shape index (κ1) is 69.9. The van der Waals surface area contributed by atoms with Crippen LogP contribution in [-0.4, -0.2) is 139 Å². The molecule has 3 fully saturated rings. The highest BCUT2D eigenvalue weighted by Gasteiger charge is 2.47. The molecule has 6 aromatic rings. The van der Waals surface area contributed by atoms with Crippen LogP contribution in [-0.2, 0) is 57.3 Å². The van der Waals surface area contributed by atoms with Crippen molar-refractivity contribution >= 4 is 31.2 Å². The Morgan fingerprint density at radius 1 is 0.462 bits per heavy atom. The fraction of sp³-hybridized carbons (Fsp3) is 0.447. The quantitative estimate of drug-likeness (QED) is 0.0379. The summed E-state index contributed by atoms with van der Waals surface area (Å²) in [6, 6.07) is 42.8. The zero-order valence-corrected chi connectivity index (χ0v) is 56.5. The Balaban J connectivity index is 0.000000150. The van der Waals surface area contributed by atoms with Gasteiger partial charge >= 0.3 is 7.60 Å². The number of aldehydes is 1. The fourth-order valence-electron chi connectivity index (χ4n) is 13.7. The average Bonchev–Trinajstić information content (AvgIpc) is 1.65. The van der Waals surface area contributed by atoms with Crippen molar-refractivity contribution in [2.45, 2.75) is 103 Å². The zero-order chi connectivity index (χ0) is 65.9. The van der Waals surface area contributed by atoms with E-state index >= 15 is 0 Å². The van der Waals surface area contributed by atoms with E-state index in [0.717, 1.165) is 137 Å². The summed E-state index contributed by atoms with van der Waals surface area (Å²) < 4.78 is 55.5. The zero-order valence-electron chi connectivity index (χ0n) is 55.6. The van der Waals surface area contributed by atoms with Crippen molar-refractivity contribution < 1.29 is 61.2 Å². The van der Waals surface area contributed by atoms with Crippen molar-refractivity contribution in [2.75, 3.05) is 95.1 Å². The van der Waals surface area contributed by atoms with Gasteiger partial charge < -0.3 is 42.3 Å². The van der Waals surface area contributed by atoms with E-state index in [-0.39, 0.29) is 36.5 Å². The van der Waals surface area contributed by atoms with Gasteiger partial charge in [-0.3, -0.25) is 33.6 Å². The van der Waals surface area contributed by atoms with Crippen LogP contribution in [0.4, 0.5) is 0 Å². The number of nitrogens with zero attached hydrogens (tertiary/aromatic N) is 3. The lowest BCUT2D eigenvalue weighted by molar-refractivity contribution is -0.112. The van der Waals surface area contributed by atoms with Gasteiger partial charge in [0.15, 0.2) is 51.8 Å². The number of carbonyl (C=O) groups excluding carboxylic acids is 4. The number of carbonyl (C=O) groups is 4. The lowest BCUT2D eigenvalue weighted by atomic mass is 9.85. The molecule has 6 aliphatic rings. The van der Waals surface area contributed by atoms with E-state index in [2.05, 4.69) is 106 Å². The molecule has 0 spiro atoms. The van der Waals surface area contributed by atoms with Crippen molar-refractivity contribution in [1.29, 1.82) is 0 Å². The van der Waals surface area contributed by atoms with Gasteiger partial charge in [0.25, 0.3) is 0 Å². The van der Waals surface area contributed by atoms with E-state index in [9.17, 15) is 23.7 Å². The summed E-state index contributed by atoms with van der Waals surface area (Å²) >= 11 is 0. The normalized spacial score (nSPS) is 19.0. The standard InChI is InChI=1S/C24H29NO3.C24H27NO3.C15H21O6P.C13H17NO/c2*1-27-22-14-19-13-20(24(26)21(19)15-23(22)28-2)12-17-8-10-25(11-9-17)16-18-6-4-3-5-7-18;1-5-20-22(17,21-6-2)14-8-10-7-12(18-3)13(19-4)9-11(10)15(14)16;15-11-13-6-8-14(9-7-13)10-12-4-2-1-3-5-12/h3-7,14-15,17,20H,8-13,16H2,1-2H3;3-7,12,14-15,17H,8-11,13,16H2,1-2H3;7,9,14H,5-6,8H2,1-4H3;1-5,11,13H,6-10H2/b;20-12+;;. The average molecular weight is 1290 g/mol. The molecule has 16 nitrogen and oxygen atoms in total. The highest BCUT2D eigenvalue weighted by atomic mass is 31.2. The maximum Gasteiger partial charge on any atom is 0.341 e. The topological polar surface area (TPSA) is 169 Å². The van der Waals surface area contributed by atoms with Gasteiger partial charge in [0.1, 0.15) is 11.9 Å². The number of rotatable bonds is 21. The van der Waals surface area contributed by atoms with Crippen molar-refractivity contribution in [3.8, 4) is 34.5 Å². The number of hydrogen-bond donors (Lipinski definition) is 0. The number of benzene rings is 6. The Morgan fingerprint density at radius 2 is 0.839 bits per heavy atom. The van der Waals surface area contributed by atoms with Gasteiger partial charge in [0.05, 0.1) is 55.9 Å². The van der Waals surface area contributed by atoms with Gasteiger partial charge in [-0.2, -0.15) is 0 Å². The summed E-state index contributed by atoms with van der Waals surface area (Å²) in [5.74, 6) is 5.38. The Bertz CT molecular complexity index is 3510. The second kappa shape index (κ2) is 34.1. The molecule has 0 aromatic heterocycles. The number of allylic oxidation sites excluding steroid dienone is 2. The van der Waals surface area contributed by atoms with Crippen LogP contribution in [0, 0.1) is 23.7 Å². The van der Waals surface area contributed by atoms with Crippen LogP contribution in [0.2, 0.25) is 0 Å². The molecule has 3 aliphatic carbocycles. The van der Waals surface area contributed by atoms with E-state index < -0.39 is 13.3 Å². The molecule has 12 rings (SSSR count). The molecule has 2 unspecified atom stereocenters. The summed E-state index contributed by atoms with van der Waals surface area (Å²) in [6.45, 7) is 13.5. The maximum absolute atomic E-state index is 12.9. The minimum Gasteiger partial charge on any atom is -0.493 e. The highest BCUT2D eigenvalue weighted by Crippen LogP contribution is 2.57. The lowest BCUT2D eigenvalue weighted by Gasteiger charge is -2.32. The molecule has 93 heavy (non-hydrogen) atoms. The van der Waals surface area contributed by atoms with E-state index in [1.165, 1.54) is 43.8 Å². The van der Waals surface area contributed by atoms with Crippen LogP contribution in [0.1, 0.15) is 123 Å². The van der Waals surface area contributed by atoms with Crippen molar-refractivity contribution in [1.82, 2.24) is 14.7 Å². The third kappa shape index (κ3) is 18.1. The SMILES string of the molecule is CCOP(=O)(OCC)C1Cc2cc(OC)c(OC)cc2C1=O.COc1cc2c(cc1OC)C(=O)/C(=C/C1CCN(Cc3ccccc3)CC1)C2.COc1cc2c(cc1OC)C(=O)C(CC1CCN(Cc3ccccc3)CC1)C2.O=CC1CCN(Cc2ccccc2)CC1. The largest absolute Gasteiger partial charge is 0.493 e. The second-order valence-electron chi connectivity index (χ2n) is 24.8. The first-order valence-electron chi connectivity index (χ1n) is 33.0. The van der Waals surface area contributed by atoms with Crippen LogP contribution >= 0.6 is 7.60 Å². The van der Waals surface area contributed by atoms with Crippen LogP contribution in [0.5, 0.6) is 34.5 Å². The molecule has 3 saturated heterocycles. The predicted octanol–water partition coefficient (Wildman–Crippen LogP) is 13.8. The van der Waals surface area contributed by atoms with Gasteiger partial charge in [-0.25, -0.2) is 0 Å². The lowest BCUT2D eigenvalue weighted by Crippen LogP contribution is -2.34. The van der Waals surface area contributed by atoms with E-state index in [1.54, 1.807) is 54.4 Å². The molecule has 0 N–H and O–H groups in total. The predicted molar refractivity (Wildman–Crippen MR) is 363 cm³/mol. The molecule has 0 saturated carbocycles. The van der Waals surface area contributed by atoms with Crippen LogP contribution in [0.3, 0.4) is 0 Å². The Morgan fingerprint density at radius 3 is 1.26 bits per heavy atom. The summed E-state index contributed by atoms with van der Waals surface area (Å²) in [4.78, 5) is 56.5. The van der Waals surface area contributed by atoms with Crippen molar-refractivity contribution in [2.24, 2.45) is 23.7 Å². The van der Waals surface area contributed by atoms with E-state index in [1.807, 2.05) is 30.3 Å². The van der Waals surface area contributed by atoms with E-state index in [0.29, 0.717) is 70.7 Å². The monoisotopic (exact) mass is 1290 g/mol. The number of ketones is 3. The second-order valence-corrected chi connectivity index (χ2v) is 27.0. The van der Waals surface area contributed by atoms with Gasteiger partial charge in [0.2, 0.25) is 0 Å². The Kier molecular flexibility index (Phi) is 25.6. The molecule has 0 amide bonds.